The summed E-state index contributed by atoms with van der Waals surface area (Å²) in [5, 5.41) is 3.46. The van der Waals surface area contributed by atoms with Gasteiger partial charge in [-0.3, -0.25) is 0 Å². The molecule has 0 spiro atoms. The van der Waals surface area contributed by atoms with Crippen LogP contribution < -0.4 is 5.32 Å². The van der Waals surface area contributed by atoms with Gasteiger partial charge in [0.2, 0.25) is 0 Å². The minimum absolute atomic E-state index is 0.147. The number of hydrogen-bond acceptors (Lipinski definition) is 2. The summed E-state index contributed by atoms with van der Waals surface area (Å²) < 4.78 is 15.9. The summed E-state index contributed by atoms with van der Waals surface area (Å²) in [5.41, 5.74) is 3.95. The lowest BCUT2D eigenvalue weighted by Crippen LogP contribution is -2.15. The molecule has 1 aliphatic carbocycles. The molecule has 106 valence electrons. The molecule has 3 rings (SSSR count). The first-order valence-corrected chi connectivity index (χ1v) is 7.12. The van der Waals surface area contributed by atoms with Gasteiger partial charge in [-0.1, -0.05) is 6.07 Å². The Morgan fingerprint density at radius 3 is 2.80 bits per heavy atom. The first-order valence-electron chi connectivity index (χ1n) is 7.12. The van der Waals surface area contributed by atoms with E-state index < -0.39 is 0 Å². The number of hydrogen-bond donors (Lipinski definition) is 1. The molecule has 0 atom stereocenters. The standard InChI is InChI=1S/C16H20FN3/c1-11-12(2)20(10-19-11)9-14-7-13(3-6-16(14)17)8-18-15-4-5-15/h3,6-7,10,15,18H,4-5,8-9H2,1-2H3. The minimum Gasteiger partial charge on any atom is -0.330 e. The van der Waals surface area contributed by atoms with Gasteiger partial charge in [0, 0.05) is 23.8 Å². The Morgan fingerprint density at radius 2 is 2.15 bits per heavy atom. The van der Waals surface area contributed by atoms with Crippen molar-refractivity contribution in [2.45, 2.75) is 45.8 Å². The summed E-state index contributed by atoms with van der Waals surface area (Å²) in [4.78, 5) is 4.26. The van der Waals surface area contributed by atoms with Crippen molar-refractivity contribution in [2.75, 3.05) is 0 Å². The van der Waals surface area contributed by atoms with Crippen LogP contribution in [-0.2, 0) is 13.1 Å². The van der Waals surface area contributed by atoms with Gasteiger partial charge in [0.25, 0.3) is 0 Å². The van der Waals surface area contributed by atoms with Gasteiger partial charge in [-0.05, 0) is 44.4 Å². The molecule has 0 amide bonds. The Morgan fingerprint density at radius 1 is 1.35 bits per heavy atom. The molecule has 1 heterocycles. The second kappa shape index (κ2) is 5.37. The van der Waals surface area contributed by atoms with E-state index in [1.54, 1.807) is 12.4 Å². The summed E-state index contributed by atoms with van der Waals surface area (Å²) in [7, 11) is 0. The lowest BCUT2D eigenvalue weighted by molar-refractivity contribution is 0.594. The smallest absolute Gasteiger partial charge is 0.128 e. The zero-order chi connectivity index (χ0) is 14.1. The maximum Gasteiger partial charge on any atom is 0.128 e. The molecule has 2 aromatic rings. The summed E-state index contributed by atoms with van der Waals surface area (Å²) in [5.74, 6) is -0.147. The number of nitrogens with zero attached hydrogens (tertiary/aromatic N) is 2. The fraction of sp³-hybridized carbons (Fsp3) is 0.438. The largest absolute Gasteiger partial charge is 0.330 e. The van der Waals surface area contributed by atoms with E-state index in [-0.39, 0.29) is 5.82 Å². The second-order valence-electron chi connectivity index (χ2n) is 5.62. The monoisotopic (exact) mass is 273 g/mol. The number of aryl methyl sites for hydroxylation is 1. The van der Waals surface area contributed by atoms with Crippen LogP contribution in [-0.4, -0.2) is 15.6 Å². The topological polar surface area (TPSA) is 29.9 Å². The molecule has 1 aromatic carbocycles. The highest BCUT2D eigenvalue weighted by atomic mass is 19.1. The van der Waals surface area contributed by atoms with Crippen molar-refractivity contribution >= 4 is 0 Å². The van der Waals surface area contributed by atoms with Crippen LogP contribution in [0.25, 0.3) is 0 Å². The van der Waals surface area contributed by atoms with Gasteiger partial charge < -0.3 is 9.88 Å². The minimum atomic E-state index is -0.147. The van der Waals surface area contributed by atoms with Crippen LogP contribution in [0.2, 0.25) is 0 Å². The zero-order valence-electron chi connectivity index (χ0n) is 12.0. The van der Waals surface area contributed by atoms with Crippen molar-refractivity contribution in [2.24, 2.45) is 0 Å². The van der Waals surface area contributed by atoms with E-state index in [4.69, 9.17) is 0 Å². The highest BCUT2D eigenvalue weighted by Gasteiger charge is 2.20. The average molecular weight is 273 g/mol. The van der Waals surface area contributed by atoms with E-state index >= 15 is 0 Å². The summed E-state index contributed by atoms with van der Waals surface area (Å²) in [6.45, 7) is 5.34. The summed E-state index contributed by atoms with van der Waals surface area (Å²) in [6.07, 6.45) is 4.31. The summed E-state index contributed by atoms with van der Waals surface area (Å²) >= 11 is 0. The molecule has 4 heteroatoms. The Bertz CT molecular complexity index is 614. The molecule has 1 aromatic heterocycles. The Hall–Kier alpha value is -1.68. The first kappa shape index (κ1) is 13.3. The van der Waals surface area contributed by atoms with Crippen LogP contribution in [0.4, 0.5) is 4.39 Å². The van der Waals surface area contributed by atoms with Gasteiger partial charge in [0.1, 0.15) is 5.82 Å². The van der Waals surface area contributed by atoms with E-state index in [2.05, 4.69) is 10.3 Å². The Balaban J connectivity index is 1.76. The third kappa shape index (κ3) is 2.90. The summed E-state index contributed by atoms with van der Waals surface area (Å²) in [6, 6.07) is 6.06. The fourth-order valence-electron chi connectivity index (χ4n) is 2.30. The number of imidazole rings is 1. The first-order chi connectivity index (χ1) is 9.63. The van der Waals surface area contributed by atoms with Crippen LogP contribution in [0.5, 0.6) is 0 Å². The lowest BCUT2D eigenvalue weighted by atomic mass is 10.1. The van der Waals surface area contributed by atoms with E-state index in [0.717, 1.165) is 29.1 Å². The van der Waals surface area contributed by atoms with Crippen LogP contribution in [0.3, 0.4) is 0 Å². The molecule has 0 bridgehead atoms. The molecule has 3 nitrogen and oxygen atoms in total. The third-order valence-corrected chi connectivity index (χ3v) is 3.97. The maximum absolute atomic E-state index is 14.0. The molecular weight excluding hydrogens is 253 g/mol. The average Bonchev–Trinajstić information content (AvgIpc) is 3.21. The van der Waals surface area contributed by atoms with Crippen LogP contribution in [0, 0.1) is 19.7 Å². The number of rotatable bonds is 5. The van der Waals surface area contributed by atoms with Crippen molar-refractivity contribution in [3.05, 3.63) is 52.9 Å². The molecule has 0 saturated heterocycles. The zero-order valence-corrected chi connectivity index (χ0v) is 12.0. The van der Waals surface area contributed by atoms with Gasteiger partial charge in [-0.15, -0.1) is 0 Å². The maximum atomic E-state index is 14.0. The predicted octanol–water partition coefficient (Wildman–Crippen LogP) is 2.94. The van der Waals surface area contributed by atoms with Crippen molar-refractivity contribution in [3.63, 3.8) is 0 Å². The van der Waals surface area contributed by atoms with Gasteiger partial charge in [-0.25, -0.2) is 9.37 Å². The second-order valence-corrected chi connectivity index (χ2v) is 5.62. The van der Waals surface area contributed by atoms with Gasteiger partial charge in [0.15, 0.2) is 0 Å². The molecule has 1 N–H and O–H groups in total. The molecule has 0 aliphatic heterocycles. The molecule has 1 aliphatic rings. The van der Waals surface area contributed by atoms with Crippen LogP contribution in [0.1, 0.15) is 35.4 Å². The van der Waals surface area contributed by atoms with Crippen LogP contribution in [0.15, 0.2) is 24.5 Å². The molecule has 1 fully saturated rings. The molecule has 1 saturated carbocycles. The lowest BCUT2D eigenvalue weighted by Gasteiger charge is -2.10. The highest BCUT2D eigenvalue weighted by Crippen LogP contribution is 2.20. The van der Waals surface area contributed by atoms with Crippen molar-refractivity contribution in [1.82, 2.24) is 14.9 Å². The van der Waals surface area contributed by atoms with Crippen molar-refractivity contribution in [1.29, 1.82) is 0 Å². The molecule has 0 unspecified atom stereocenters. The van der Waals surface area contributed by atoms with Gasteiger partial charge in [0.05, 0.1) is 18.6 Å². The van der Waals surface area contributed by atoms with E-state index in [9.17, 15) is 4.39 Å². The Labute approximate surface area is 118 Å². The van der Waals surface area contributed by atoms with Crippen molar-refractivity contribution in [3.8, 4) is 0 Å². The van der Waals surface area contributed by atoms with E-state index in [1.165, 1.54) is 12.8 Å². The van der Waals surface area contributed by atoms with E-state index in [1.807, 2.05) is 30.5 Å². The normalized spacial score (nSPS) is 14.8. The quantitative estimate of drug-likeness (QED) is 0.907. The van der Waals surface area contributed by atoms with E-state index in [0.29, 0.717) is 12.6 Å². The van der Waals surface area contributed by atoms with Gasteiger partial charge >= 0.3 is 0 Å². The number of nitrogens with one attached hydrogen (secondary N) is 1. The number of benzene rings is 1. The molecular formula is C16H20FN3. The molecule has 20 heavy (non-hydrogen) atoms. The SMILES string of the molecule is Cc1ncn(Cc2cc(CNC3CC3)ccc2F)c1C. The predicted molar refractivity (Wildman–Crippen MR) is 77.1 cm³/mol. The fourth-order valence-corrected chi connectivity index (χ4v) is 2.30. The third-order valence-electron chi connectivity index (χ3n) is 3.97. The molecule has 0 radical (unpaired) electrons. The number of halogens is 1. The Kier molecular flexibility index (Phi) is 3.57. The number of aromatic nitrogens is 2. The van der Waals surface area contributed by atoms with Crippen LogP contribution >= 0.6 is 0 Å². The van der Waals surface area contributed by atoms with Gasteiger partial charge in [-0.2, -0.15) is 0 Å². The highest BCUT2D eigenvalue weighted by molar-refractivity contribution is 5.26. The van der Waals surface area contributed by atoms with Crippen molar-refractivity contribution < 1.29 is 4.39 Å².